The van der Waals surface area contributed by atoms with Crippen LogP contribution < -0.4 is 4.74 Å². The van der Waals surface area contributed by atoms with Crippen LogP contribution >= 0.6 is 0 Å². The van der Waals surface area contributed by atoms with Crippen LogP contribution in [0.1, 0.15) is 28.4 Å². The van der Waals surface area contributed by atoms with Crippen molar-refractivity contribution in [1.82, 2.24) is 4.90 Å². The normalized spacial score (nSPS) is 10.4. The van der Waals surface area contributed by atoms with E-state index in [1.54, 1.807) is 18.1 Å². The van der Waals surface area contributed by atoms with Gasteiger partial charge in [0.2, 0.25) is 0 Å². The number of carbonyl (C=O) groups is 1. The lowest BCUT2D eigenvalue weighted by Gasteiger charge is -2.18. The van der Waals surface area contributed by atoms with E-state index in [-0.39, 0.29) is 5.91 Å². The van der Waals surface area contributed by atoms with Crippen LogP contribution in [0.2, 0.25) is 0 Å². The highest BCUT2D eigenvalue weighted by molar-refractivity contribution is 5.94. The molecule has 0 bridgehead atoms. The largest absolute Gasteiger partial charge is 0.494 e. The molecule has 4 heteroatoms. The predicted octanol–water partition coefficient (Wildman–Crippen LogP) is 3.50. The van der Waals surface area contributed by atoms with Gasteiger partial charge in [-0.1, -0.05) is 30.3 Å². The SMILES string of the molecule is CCOc1ccc(C(=O)N(C)Cc2ccccc2)cc1COC. The lowest BCUT2D eigenvalue weighted by atomic mass is 10.1. The van der Waals surface area contributed by atoms with E-state index in [0.29, 0.717) is 25.3 Å². The third kappa shape index (κ3) is 4.57. The summed E-state index contributed by atoms with van der Waals surface area (Å²) in [6.07, 6.45) is 0. The molecule has 23 heavy (non-hydrogen) atoms. The molecule has 0 aromatic heterocycles. The second-order valence-electron chi connectivity index (χ2n) is 5.34. The number of methoxy groups -OCH3 is 1. The van der Waals surface area contributed by atoms with Gasteiger partial charge in [0.15, 0.2) is 0 Å². The van der Waals surface area contributed by atoms with Crippen LogP contribution in [-0.4, -0.2) is 31.6 Å². The van der Waals surface area contributed by atoms with Gasteiger partial charge in [-0.15, -0.1) is 0 Å². The van der Waals surface area contributed by atoms with E-state index < -0.39 is 0 Å². The Hall–Kier alpha value is -2.33. The minimum Gasteiger partial charge on any atom is -0.494 e. The Balaban J connectivity index is 2.16. The average Bonchev–Trinajstić information content (AvgIpc) is 2.57. The molecule has 0 saturated carbocycles. The third-order valence-electron chi connectivity index (χ3n) is 3.52. The summed E-state index contributed by atoms with van der Waals surface area (Å²) in [4.78, 5) is 14.3. The van der Waals surface area contributed by atoms with Crippen LogP contribution in [0.25, 0.3) is 0 Å². The van der Waals surface area contributed by atoms with Crippen molar-refractivity contribution in [3.63, 3.8) is 0 Å². The number of carbonyl (C=O) groups excluding carboxylic acids is 1. The number of hydrogen-bond donors (Lipinski definition) is 0. The van der Waals surface area contributed by atoms with Gasteiger partial charge in [0.1, 0.15) is 5.75 Å². The van der Waals surface area contributed by atoms with E-state index in [2.05, 4.69) is 0 Å². The van der Waals surface area contributed by atoms with Gasteiger partial charge in [0.25, 0.3) is 5.91 Å². The predicted molar refractivity (Wildman–Crippen MR) is 90.6 cm³/mol. The number of nitrogens with zero attached hydrogens (tertiary/aromatic N) is 1. The molecule has 2 aromatic rings. The third-order valence-corrected chi connectivity index (χ3v) is 3.52. The minimum atomic E-state index is -0.0192. The Kier molecular flexibility index (Phi) is 6.18. The highest BCUT2D eigenvalue weighted by Gasteiger charge is 2.14. The molecule has 0 unspecified atom stereocenters. The zero-order valence-corrected chi connectivity index (χ0v) is 13.9. The highest BCUT2D eigenvalue weighted by Crippen LogP contribution is 2.22. The summed E-state index contributed by atoms with van der Waals surface area (Å²) in [6.45, 7) is 3.51. The standard InChI is InChI=1S/C19H23NO3/c1-4-23-18-11-10-16(12-17(18)14-22-3)19(21)20(2)13-15-8-6-5-7-9-15/h5-12H,4,13-14H2,1-3H3. The topological polar surface area (TPSA) is 38.8 Å². The van der Waals surface area contributed by atoms with Crippen molar-refractivity contribution in [2.24, 2.45) is 0 Å². The monoisotopic (exact) mass is 313 g/mol. The van der Waals surface area contributed by atoms with E-state index in [9.17, 15) is 4.79 Å². The van der Waals surface area contributed by atoms with Crippen LogP contribution in [0, 0.1) is 0 Å². The maximum atomic E-state index is 12.6. The number of hydrogen-bond acceptors (Lipinski definition) is 3. The lowest BCUT2D eigenvalue weighted by molar-refractivity contribution is 0.0784. The molecule has 0 atom stereocenters. The van der Waals surface area contributed by atoms with Crippen molar-refractivity contribution in [1.29, 1.82) is 0 Å². The molecule has 2 aromatic carbocycles. The van der Waals surface area contributed by atoms with Gasteiger partial charge in [-0.05, 0) is 30.7 Å². The van der Waals surface area contributed by atoms with Crippen molar-refractivity contribution in [2.45, 2.75) is 20.1 Å². The number of ether oxygens (including phenoxy) is 2. The zero-order chi connectivity index (χ0) is 16.7. The summed E-state index contributed by atoms with van der Waals surface area (Å²) >= 11 is 0. The zero-order valence-electron chi connectivity index (χ0n) is 13.9. The first kappa shape index (κ1) is 17.0. The minimum absolute atomic E-state index is 0.0192. The first-order valence-electron chi connectivity index (χ1n) is 7.69. The Bertz CT molecular complexity index is 640. The lowest BCUT2D eigenvalue weighted by Crippen LogP contribution is -2.26. The fraction of sp³-hybridized carbons (Fsp3) is 0.316. The molecule has 0 radical (unpaired) electrons. The molecule has 0 aliphatic heterocycles. The Morgan fingerprint density at radius 1 is 1.13 bits per heavy atom. The Labute approximate surface area is 137 Å². The first-order chi connectivity index (χ1) is 11.2. The van der Waals surface area contributed by atoms with Gasteiger partial charge in [0.05, 0.1) is 13.2 Å². The van der Waals surface area contributed by atoms with Crippen molar-refractivity contribution < 1.29 is 14.3 Å². The average molecular weight is 313 g/mol. The Morgan fingerprint density at radius 2 is 1.87 bits per heavy atom. The quantitative estimate of drug-likeness (QED) is 0.785. The summed E-state index contributed by atoms with van der Waals surface area (Å²) in [5, 5.41) is 0. The van der Waals surface area contributed by atoms with Gasteiger partial charge in [0, 0.05) is 31.8 Å². The molecule has 0 saturated heterocycles. The van der Waals surface area contributed by atoms with E-state index in [0.717, 1.165) is 16.9 Å². The summed E-state index contributed by atoms with van der Waals surface area (Å²) in [5.74, 6) is 0.742. The molecule has 2 rings (SSSR count). The van der Waals surface area contributed by atoms with E-state index in [1.807, 2.05) is 56.4 Å². The molecule has 0 N–H and O–H groups in total. The molecular weight excluding hydrogens is 290 g/mol. The highest BCUT2D eigenvalue weighted by atomic mass is 16.5. The van der Waals surface area contributed by atoms with Gasteiger partial charge < -0.3 is 14.4 Å². The van der Waals surface area contributed by atoms with E-state index >= 15 is 0 Å². The van der Waals surface area contributed by atoms with Crippen molar-refractivity contribution >= 4 is 5.91 Å². The smallest absolute Gasteiger partial charge is 0.253 e. The van der Waals surface area contributed by atoms with Gasteiger partial charge >= 0.3 is 0 Å². The molecule has 0 fully saturated rings. The number of rotatable bonds is 7. The van der Waals surface area contributed by atoms with Crippen LogP contribution in [0.5, 0.6) is 5.75 Å². The molecule has 0 aliphatic rings. The van der Waals surface area contributed by atoms with Gasteiger partial charge in [-0.25, -0.2) is 0 Å². The molecule has 0 heterocycles. The molecule has 1 amide bonds. The molecule has 4 nitrogen and oxygen atoms in total. The van der Waals surface area contributed by atoms with E-state index in [4.69, 9.17) is 9.47 Å². The summed E-state index contributed by atoms with van der Waals surface area (Å²) in [5.41, 5.74) is 2.62. The summed E-state index contributed by atoms with van der Waals surface area (Å²) < 4.78 is 10.8. The number of benzene rings is 2. The Morgan fingerprint density at radius 3 is 2.52 bits per heavy atom. The molecule has 0 spiro atoms. The maximum absolute atomic E-state index is 12.6. The maximum Gasteiger partial charge on any atom is 0.253 e. The summed E-state index contributed by atoms with van der Waals surface area (Å²) in [7, 11) is 3.44. The fourth-order valence-corrected chi connectivity index (χ4v) is 2.43. The van der Waals surface area contributed by atoms with Crippen molar-refractivity contribution in [3.05, 3.63) is 65.2 Å². The van der Waals surface area contributed by atoms with Crippen molar-refractivity contribution in [3.8, 4) is 5.75 Å². The van der Waals surface area contributed by atoms with Crippen molar-refractivity contribution in [2.75, 3.05) is 20.8 Å². The van der Waals surface area contributed by atoms with Crippen LogP contribution in [-0.2, 0) is 17.9 Å². The van der Waals surface area contributed by atoms with Gasteiger partial charge in [-0.2, -0.15) is 0 Å². The molecule has 0 aliphatic carbocycles. The summed E-state index contributed by atoms with van der Waals surface area (Å²) in [6, 6.07) is 15.4. The molecular formula is C19H23NO3. The van der Waals surface area contributed by atoms with Crippen LogP contribution in [0.4, 0.5) is 0 Å². The van der Waals surface area contributed by atoms with Gasteiger partial charge in [-0.3, -0.25) is 4.79 Å². The fourth-order valence-electron chi connectivity index (χ4n) is 2.43. The first-order valence-corrected chi connectivity index (χ1v) is 7.69. The molecule has 122 valence electrons. The van der Waals surface area contributed by atoms with Crippen LogP contribution in [0.3, 0.4) is 0 Å². The van der Waals surface area contributed by atoms with E-state index in [1.165, 1.54) is 0 Å². The van der Waals surface area contributed by atoms with Crippen LogP contribution in [0.15, 0.2) is 48.5 Å². The second kappa shape index (κ2) is 8.34. The number of amides is 1. The second-order valence-corrected chi connectivity index (χ2v) is 5.34.